The number of methoxy groups -OCH3 is 1. The summed E-state index contributed by atoms with van der Waals surface area (Å²) in [5, 5.41) is 33.9. The second-order valence-electron chi connectivity index (χ2n) is 13.7. The maximum absolute atomic E-state index is 13.7. The van der Waals surface area contributed by atoms with Crippen molar-refractivity contribution in [1.82, 2.24) is 4.90 Å². The summed E-state index contributed by atoms with van der Waals surface area (Å²) in [7, 11) is 5.20. The number of hydrogen-bond donors (Lipinski definition) is 3. The zero-order valence-corrected chi connectivity index (χ0v) is 28.6. The highest BCUT2D eigenvalue weighted by Crippen LogP contribution is 2.40. The molecule has 12 nitrogen and oxygen atoms in total. The SMILES string of the molecule is CC[C@H]1OC(=O)[C@H](C)[C@@H](OC(C)=O)[C@H](C)[C@@H](OC2O[C@H](C)C[C@H](N(C)C)C2O)[C@@](C)(OC)C[C@@H](C)C(=O)[C@H](C)[C@@H](O)[C@]1(C)O. The van der Waals surface area contributed by atoms with Gasteiger partial charge in [0.05, 0.1) is 29.8 Å². The molecule has 2 heterocycles. The molecule has 44 heavy (non-hydrogen) atoms. The fourth-order valence-electron chi connectivity index (χ4n) is 6.97. The first-order chi connectivity index (χ1) is 20.2. The third-order valence-corrected chi connectivity index (χ3v) is 9.79. The van der Waals surface area contributed by atoms with E-state index in [1.54, 1.807) is 34.6 Å². The lowest BCUT2D eigenvalue weighted by Gasteiger charge is -2.48. The highest BCUT2D eigenvalue weighted by Gasteiger charge is 2.52. The van der Waals surface area contributed by atoms with Crippen LogP contribution in [0.4, 0.5) is 0 Å². The van der Waals surface area contributed by atoms with Gasteiger partial charge in [0.1, 0.15) is 29.7 Å². The minimum absolute atomic E-state index is 0.106. The lowest BCUT2D eigenvalue weighted by Crippen LogP contribution is -2.60. The molecule has 0 aliphatic carbocycles. The maximum Gasteiger partial charge on any atom is 0.312 e. The van der Waals surface area contributed by atoms with Crippen LogP contribution in [-0.4, -0.2) is 119 Å². The van der Waals surface area contributed by atoms with E-state index >= 15 is 0 Å². The Kier molecular flexibility index (Phi) is 13.4. The number of esters is 2. The van der Waals surface area contributed by atoms with E-state index in [2.05, 4.69) is 0 Å². The number of cyclic esters (lactones) is 1. The number of nitrogens with zero attached hydrogens (tertiary/aromatic N) is 1. The van der Waals surface area contributed by atoms with Gasteiger partial charge in [-0.1, -0.05) is 27.7 Å². The first kappa shape index (κ1) is 38.5. The Hall–Kier alpha value is -1.67. The quantitative estimate of drug-likeness (QED) is 0.367. The van der Waals surface area contributed by atoms with Crippen LogP contribution in [0.2, 0.25) is 0 Å². The minimum atomic E-state index is -1.95. The Morgan fingerprint density at radius 1 is 1.07 bits per heavy atom. The van der Waals surface area contributed by atoms with Crippen LogP contribution in [0.25, 0.3) is 0 Å². The Balaban J connectivity index is 2.73. The fraction of sp³-hybridized carbons (Fsp3) is 0.906. The molecule has 2 aliphatic heterocycles. The molecule has 0 aromatic heterocycles. The van der Waals surface area contributed by atoms with Crippen LogP contribution in [0.5, 0.6) is 0 Å². The number of aliphatic hydroxyl groups excluding tert-OH is 2. The Bertz CT molecular complexity index is 989. The van der Waals surface area contributed by atoms with E-state index in [9.17, 15) is 29.7 Å². The summed E-state index contributed by atoms with van der Waals surface area (Å²) in [6.07, 6.45) is -6.32. The van der Waals surface area contributed by atoms with Gasteiger partial charge in [-0.2, -0.15) is 0 Å². The second-order valence-corrected chi connectivity index (χ2v) is 13.7. The lowest BCUT2D eigenvalue weighted by molar-refractivity contribution is -0.301. The van der Waals surface area contributed by atoms with Gasteiger partial charge in [-0.15, -0.1) is 0 Å². The van der Waals surface area contributed by atoms with Gasteiger partial charge in [-0.3, -0.25) is 14.4 Å². The number of ether oxygens (including phenoxy) is 5. The van der Waals surface area contributed by atoms with Crippen LogP contribution in [0, 0.1) is 23.7 Å². The molecular weight excluding hydrogens is 574 g/mol. The highest BCUT2D eigenvalue weighted by molar-refractivity contribution is 5.83. The highest BCUT2D eigenvalue weighted by atomic mass is 16.7. The van der Waals surface area contributed by atoms with Crippen LogP contribution in [0.3, 0.4) is 0 Å². The van der Waals surface area contributed by atoms with Gasteiger partial charge >= 0.3 is 11.9 Å². The van der Waals surface area contributed by atoms with Crippen molar-refractivity contribution in [2.45, 2.75) is 142 Å². The van der Waals surface area contributed by atoms with Crippen molar-refractivity contribution >= 4 is 17.7 Å². The van der Waals surface area contributed by atoms with E-state index in [-0.39, 0.29) is 30.8 Å². The van der Waals surface area contributed by atoms with E-state index in [1.165, 1.54) is 27.9 Å². The molecule has 256 valence electrons. The Morgan fingerprint density at radius 2 is 1.66 bits per heavy atom. The third-order valence-electron chi connectivity index (χ3n) is 9.79. The summed E-state index contributed by atoms with van der Waals surface area (Å²) < 4.78 is 30.3. The summed E-state index contributed by atoms with van der Waals surface area (Å²) in [6.45, 7) is 14.5. The predicted molar refractivity (Wildman–Crippen MR) is 161 cm³/mol. The van der Waals surface area contributed by atoms with E-state index in [4.69, 9.17) is 23.7 Å². The number of likely N-dealkylation sites (N-methyl/N-ethyl adjacent to an activating group) is 1. The maximum atomic E-state index is 13.7. The predicted octanol–water partition coefficient (Wildman–Crippen LogP) is 2.09. The zero-order valence-electron chi connectivity index (χ0n) is 28.6. The average Bonchev–Trinajstić information content (AvgIpc) is 2.95. The summed E-state index contributed by atoms with van der Waals surface area (Å²) in [6, 6.07) is -0.272. The van der Waals surface area contributed by atoms with Gasteiger partial charge in [-0.05, 0) is 61.1 Å². The summed E-state index contributed by atoms with van der Waals surface area (Å²) in [5.41, 5.74) is -3.19. The molecule has 2 fully saturated rings. The summed E-state index contributed by atoms with van der Waals surface area (Å²) in [4.78, 5) is 41.6. The van der Waals surface area contributed by atoms with Crippen LogP contribution in [0.1, 0.15) is 81.6 Å². The van der Waals surface area contributed by atoms with E-state index < -0.39 is 83.6 Å². The van der Waals surface area contributed by atoms with Gasteiger partial charge in [0.15, 0.2) is 6.29 Å². The van der Waals surface area contributed by atoms with Gasteiger partial charge < -0.3 is 43.9 Å². The summed E-state index contributed by atoms with van der Waals surface area (Å²) in [5.74, 6) is -5.20. The first-order valence-electron chi connectivity index (χ1n) is 15.8. The molecule has 12 heteroatoms. The number of Topliss-reactive ketones (excluding diaryl/α,β-unsaturated/α-hetero) is 1. The normalized spacial score (nSPS) is 45.0. The van der Waals surface area contributed by atoms with Crippen LogP contribution >= 0.6 is 0 Å². The van der Waals surface area contributed by atoms with E-state index in [1.807, 2.05) is 25.9 Å². The molecule has 2 unspecified atom stereocenters. The van der Waals surface area contributed by atoms with Crippen LogP contribution < -0.4 is 0 Å². The van der Waals surface area contributed by atoms with Crippen molar-refractivity contribution in [3.05, 3.63) is 0 Å². The molecule has 0 spiro atoms. The molecular formula is C32H57NO11. The number of carbonyl (C=O) groups excluding carboxylic acids is 3. The Labute approximate surface area is 262 Å². The molecule has 0 saturated carbocycles. The van der Waals surface area contributed by atoms with Crippen molar-refractivity contribution in [2.75, 3.05) is 21.2 Å². The van der Waals surface area contributed by atoms with Crippen molar-refractivity contribution in [3.8, 4) is 0 Å². The molecule has 2 rings (SSSR count). The standard InChI is InChI=1S/C32H57NO11/c1-13-23-32(9,39)27(37)18(4)24(35)16(2)15-31(8,40-12)28(19(5)26(42-21(7)34)20(6)29(38)43-23)44-30-25(36)22(33(10)11)14-17(3)41-30/h16-20,22-23,25-28,30,36-37,39H,13-15H2,1-12H3/t16-,17-,18+,19+,20-,22+,23-,25?,26+,27-,28-,30?,31+,32-/m1/s1. The molecule has 2 saturated heterocycles. The van der Waals surface area contributed by atoms with Gasteiger partial charge in [0.25, 0.3) is 0 Å². The number of hydrogen-bond acceptors (Lipinski definition) is 12. The number of rotatable bonds is 6. The molecule has 0 bridgehead atoms. The largest absolute Gasteiger partial charge is 0.461 e. The summed E-state index contributed by atoms with van der Waals surface area (Å²) >= 11 is 0. The fourth-order valence-corrected chi connectivity index (χ4v) is 6.97. The second kappa shape index (κ2) is 15.3. The van der Waals surface area contributed by atoms with Gasteiger partial charge in [-0.25, -0.2) is 0 Å². The average molecular weight is 632 g/mol. The first-order valence-corrected chi connectivity index (χ1v) is 15.8. The third kappa shape index (κ3) is 8.37. The molecule has 3 N–H and O–H groups in total. The molecule has 0 radical (unpaired) electrons. The zero-order chi connectivity index (χ0) is 33.9. The van der Waals surface area contributed by atoms with Crippen molar-refractivity contribution in [2.24, 2.45) is 23.7 Å². The molecule has 0 aromatic rings. The van der Waals surface area contributed by atoms with Crippen LogP contribution in [-0.2, 0) is 38.1 Å². The molecule has 2 aliphatic rings. The van der Waals surface area contributed by atoms with E-state index in [0.717, 1.165) is 0 Å². The molecule has 0 amide bonds. The molecule has 0 aromatic carbocycles. The topological polar surface area (TPSA) is 161 Å². The molecule has 14 atom stereocenters. The van der Waals surface area contributed by atoms with Gasteiger partial charge in [0.2, 0.25) is 0 Å². The van der Waals surface area contributed by atoms with Crippen LogP contribution in [0.15, 0.2) is 0 Å². The van der Waals surface area contributed by atoms with E-state index in [0.29, 0.717) is 6.42 Å². The number of aliphatic hydroxyl groups is 3. The Morgan fingerprint density at radius 3 is 2.16 bits per heavy atom. The smallest absolute Gasteiger partial charge is 0.312 e. The number of carbonyl (C=O) groups is 3. The minimum Gasteiger partial charge on any atom is -0.461 e. The van der Waals surface area contributed by atoms with Crippen molar-refractivity contribution < 1.29 is 53.4 Å². The van der Waals surface area contributed by atoms with Crippen molar-refractivity contribution in [1.29, 1.82) is 0 Å². The van der Waals surface area contributed by atoms with Gasteiger partial charge in [0, 0.05) is 37.8 Å². The lowest BCUT2D eigenvalue weighted by atomic mass is 9.74. The monoisotopic (exact) mass is 631 g/mol. The van der Waals surface area contributed by atoms with Crippen molar-refractivity contribution in [3.63, 3.8) is 0 Å². The number of ketones is 1.